The third-order valence-electron chi connectivity index (χ3n) is 2.21. The number of alkyl halides is 1. The van der Waals surface area contributed by atoms with Gasteiger partial charge in [0.05, 0.1) is 6.42 Å². The first-order valence-corrected chi connectivity index (χ1v) is 6.47. The summed E-state index contributed by atoms with van der Waals surface area (Å²) in [6.07, 6.45) is 0.103. The Bertz CT molecular complexity index is 504. The lowest BCUT2D eigenvalue weighted by Gasteiger charge is -1.98. The molecule has 2 aromatic rings. The Labute approximate surface area is 99.7 Å². The molecule has 0 radical (unpaired) electrons. The number of halogens is 1. The Morgan fingerprint density at radius 3 is 2.93 bits per heavy atom. The van der Waals surface area contributed by atoms with Crippen molar-refractivity contribution in [2.24, 2.45) is 0 Å². The summed E-state index contributed by atoms with van der Waals surface area (Å²) in [4.78, 5) is 10.7. The van der Waals surface area contributed by atoms with Gasteiger partial charge in [-0.25, -0.2) is 0 Å². The van der Waals surface area contributed by atoms with Crippen LogP contribution in [0.25, 0.3) is 10.1 Å². The molecule has 0 aliphatic heterocycles. The summed E-state index contributed by atoms with van der Waals surface area (Å²) >= 11 is 4.99. The van der Waals surface area contributed by atoms with Gasteiger partial charge in [-0.05, 0) is 34.0 Å². The average Bonchev–Trinajstić information content (AvgIpc) is 2.60. The molecule has 15 heavy (non-hydrogen) atoms. The van der Waals surface area contributed by atoms with E-state index in [-0.39, 0.29) is 6.42 Å². The Kier molecular flexibility index (Phi) is 3.07. The van der Waals surface area contributed by atoms with Gasteiger partial charge in [0.1, 0.15) is 0 Å². The van der Waals surface area contributed by atoms with E-state index in [1.807, 2.05) is 11.4 Å². The molecule has 2 nitrogen and oxygen atoms in total. The number of hydrogen-bond acceptors (Lipinski definition) is 2. The molecule has 0 bridgehead atoms. The first kappa shape index (κ1) is 10.6. The van der Waals surface area contributed by atoms with Crippen LogP contribution in [-0.2, 0) is 16.5 Å². The van der Waals surface area contributed by atoms with Gasteiger partial charge in [-0.2, -0.15) is 0 Å². The van der Waals surface area contributed by atoms with Crippen LogP contribution in [0.15, 0.2) is 23.6 Å². The number of benzene rings is 1. The lowest BCUT2D eigenvalue weighted by atomic mass is 10.1. The van der Waals surface area contributed by atoms with Crippen molar-refractivity contribution >= 4 is 43.3 Å². The molecule has 0 atom stereocenters. The van der Waals surface area contributed by atoms with Crippen LogP contribution >= 0.6 is 27.3 Å². The van der Waals surface area contributed by atoms with Crippen LogP contribution < -0.4 is 0 Å². The summed E-state index contributed by atoms with van der Waals surface area (Å²) in [5.41, 5.74) is 2.08. The molecule has 0 saturated carbocycles. The zero-order valence-corrected chi connectivity index (χ0v) is 10.3. The maximum absolute atomic E-state index is 10.7. The monoisotopic (exact) mass is 284 g/mol. The van der Waals surface area contributed by atoms with Gasteiger partial charge in [-0.15, -0.1) is 11.3 Å². The van der Waals surface area contributed by atoms with E-state index in [0.717, 1.165) is 21.0 Å². The van der Waals surface area contributed by atoms with E-state index in [1.54, 1.807) is 11.3 Å². The van der Waals surface area contributed by atoms with E-state index in [2.05, 4.69) is 28.1 Å². The predicted molar refractivity (Wildman–Crippen MR) is 65.8 cm³/mol. The molecule has 1 aromatic carbocycles. The van der Waals surface area contributed by atoms with Gasteiger partial charge < -0.3 is 5.11 Å². The largest absolute Gasteiger partial charge is 0.481 e. The van der Waals surface area contributed by atoms with Crippen LogP contribution in [-0.4, -0.2) is 11.1 Å². The lowest BCUT2D eigenvalue weighted by molar-refractivity contribution is -0.136. The highest BCUT2D eigenvalue weighted by molar-refractivity contribution is 9.08. The Balaban J connectivity index is 2.51. The van der Waals surface area contributed by atoms with Crippen LogP contribution in [0, 0.1) is 0 Å². The molecule has 2 rings (SSSR count). The number of fused-ring (bicyclic) bond motifs is 1. The SMILES string of the molecule is O=C(O)Cc1csc2ccc(CBr)cc12. The van der Waals surface area contributed by atoms with Gasteiger partial charge in [0, 0.05) is 10.0 Å². The van der Waals surface area contributed by atoms with E-state index in [9.17, 15) is 4.79 Å². The van der Waals surface area contributed by atoms with E-state index >= 15 is 0 Å². The van der Waals surface area contributed by atoms with Gasteiger partial charge in [0.15, 0.2) is 0 Å². The predicted octanol–water partition coefficient (Wildman–Crippen LogP) is 3.42. The fourth-order valence-corrected chi connectivity index (χ4v) is 2.80. The van der Waals surface area contributed by atoms with Crippen LogP contribution in [0.1, 0.15) is 11.1 Å². The van der Waals surface area contributed by atoms with Crippen molar-refractivity contribution in [3.05, 3.63) is 34.7 Å². The second-order valence-electron chi connectivity index (χ2n) is 3.30. The number of thiophene rings is 1. The normalized spacial score (nSPS) is 10.7. The molecule has 1 N–H and O–H groups in total. The zero-order valence-electron chi connectivity index (χ0n) is 7.87. The Hall–Kier alpha value is -0.870. The summed E-state index contributed by atoms with van der Waals surface area (Å²) < 4.78 is 1.15. The summed E-state index contributed by atoms with van der Waals surface area (Å²) in [7, 11) is 0. The number of rotatable bonds is 3. The highest BCUT2D eigenvalue weighted by Gasteiger charge is 2.08. The molecule has 0 fully saturated rings. The van der Waals surface area contributed by atoms with E-state index < -0.39 is 5.97 Å². The maximum Gasteiger partial charge on any atom is 0.307 e. The van der Waals surface area contributed by atoms with Crippen molar-refractivity contribution < 1.29 is 9.90 Å². The number of hydrogen-bond donors (Lipinski definition) is 1. The Morgan fingerprint density at radius 1 is 1.47 bits per heavy atom. The summed E-state index contributed by atoms with van der Waals surface area (Å²) in [5, 5.41) is 12.6. The zero-order chi connectivity index (χ0) is 10.8. The topological polar surface area (TPSA) is 37.3 Å². The molecular formula is C11H9BrO2S. The summed E-state index contributed by atoms with van der Waals surface area (Å²) in [6, 6.07) is 6.15. The average molecular weight is 285 g/mol. The molecular weight excluding hydrogens is 276 g/mol. The minimum Gasteiger partial charge on any atom is -0.481 e. The summed E-state index contributed by atoms with van der Waals surface area (Å²) in [5.74, 6) is -0.779. The van der Waals surface area contributed by atoms with Crippen molar-refractivity contribution in [3.63, 3.8) is 0 Å². The lowest BCUT2D eigenvalue weighted by Crippen LogP contribution is -1.98. The van der Waals surface area contributed by atoms with Crippen molar-refractivity contribution in [1.29, 1.82) is 0 Å². The fraction of sp³-hybridized carbons (Fsp3) is 0.182. The maximum atomic E-state index is 10.7. The highest BCUT2D eigenvalue weighted by Crippen LogP contribution is 2.28. The molecule has 0 unspecified atom stereocenters. The van der Waals surface area contributed by atoms with Crippen LogP contribution in [0.3, 0.4) is 0 Å². The first-order chi connectivity index (χ1) is 7.20. The van der Waals surface area contributed by atoms with Crippen LogP contribution in [0.2, 0.25) is 0 Å². The minimum absolute atomic E-state index is 0.103. The van der Waals surface area contributed by atoms with Gasteiger partial charge in [0.25, 0.3) is 0 Å². The standard InChI is InChI=1S/C11H9BrO2S/c12-5-7-1-2-10-9(3-7)8(6-15-10)4-11(13)14/h1-3,6H,4-5H2,(H,13,14). The van der Waals surface area contributed by atoms with Crippen molar-refractivity contribution in [2.75, 3.05) is 0 Å². The third-order valence-corrected chi connectivity index (χ3v) is 3.87. The molecule has 4 heteroatoms. The van der Waals surface area contributed by atoms with Crippen molar-refractivity contribution in [3.8, 4) is 0 Å². The molecule has 0 amide bonds. The van der Waals surface area contributed by atoms with Crippen molar-refractivity contribution in [1.82, 2.24) is 0 Å². The highest BCUT2D eigenvalue weighted by atomic mass is 79.9. The number of carboxylic acid groups (broad SMARTS) is 1. The number of carboxylic acids is 1. The molecule has 0 spiro atoms. The molecule has 0 saturated heterocycles. The first-order valence-electron chi connectivity index (χ1n) is 4.47. The van der Waals surface area contributed by atoms with E-state index in [0.29, 0.717) is 0 Å². The van der Waals surface area contributed by atoms with Gasteiger partial charge in [0.2, 0.25) is 0 Å². The van der Waals surface area contributed by atoms with Crippen LogP contribution in [0.4, 0.5) is 0 Å². The minimum atomic E-state index is -0.779. The van der Waals surface area contributed by atoms with E-state index in [1.165, 1.54) is 5.56 Å². The van der Waals surface area contributed by atoms with E-state index in [4.69, 9.17) is 5.11 Å². The molecule has 1 heterocycles. The molecule has 0 aliphatic rings. The van der Waals surface area contributed by atoms with Crippen LogP contribution in [0.5, 0.6) is 0 Å². The van der Waals surface area contributed by atoms with Gasteiger partial charge in [-0.1, -0.05) is 22.0 Å². The van der Waals surface area contributed by atoms with Gasteiger partial charge in [-0.3, -0.25) is 4.79 Å². The van der Waals surface area contributed by atoms with Gasteiger partial charge >= 0.3 is 5.97 Å². The van der Waals surface area contributed by atoms with Crippen molar-refractivity contribution in [2.45, 2.75) is 11.8 Å². The summed E-state index contributed by atoms with van der Waals surface area (Å²) in [6.45, 7) is 0. The second kappa shape index (κ2) is 4.33. The second-order valence-corrected chi connectivity index (χ2v) is 4.77. The quantitative estimate of drug-likeness (QED) is 0.877. The molecule has 1 aromatic heterocycles. The fourth-order valence-electron chi connectivity index (χ4n) is 1.51. The Morgan fingerprint density at radius 2 is 2.27 bits per heavy atom. The third kappa shape index (κ3) is 2.21. The number of carbonyl (C=O) groups is 1. The number of aliphatic carboxylic acids is 1. The molecule has 78 valence electrons. The smallest absolute Gasteiger partial charge is 0.307 e. The molecule has 0 aliphatic carbocycles.